The summed E-state index contributed by atoms with van der Waals surface area (Å²) in [7, 11) is 3.28. The lowest BCUT2D eigenvalue weighted by Crippen LogP contribution is -2.47. The number of hydrogen-bond acceptors (Lipinski definition) is 4. The maximum atomic E-state index is 13.8. The van der Waals surface area contributed by atoms with Crippen molar-refractivity contribution in [3.05, 3.63) is 35.1 Å². The van der Waals surface area contributed by atoms with Gasteiger partial charge in [0.15, 0.2) is 5.96 Å². The maximum Gasteiger partial charge on any atom is 0.194 e. The zero-order chi connectivity index (χ0) is 20.2. The van der Waals surface area contributed by atoms with E-state index in [1.165, 1.54) is 6.07 Å². The topological polar surface area (TPSA) is 55.3 Å². The zero-order valence-electron chi connectivity index (χ0n) is 17.4. The van der Waals surface area contributed by atoms with Crippen LogP contribution in [-0.4, -0.2) is 64.0 Å². The molecule has 1 aliphatic heterocycles. The first-order valence-corrected chi connectivity index (χ1v) is 10.1. The minimum Gasteiger partial charge on any atom is -0.385 e. The van der Waals surface area contributed by atoms with E-state index in [2.05, 4.69) is 17.1 Å². The zero-order valence-corrected chi connectivity index (χ0v) is 17.4. The van der Waals surface area contributed by atoms with Crippen LogP contribution in [0.5, 0.6) is 0 Å². The molecule has 6 nitrogen and oxygen atoms in total. The molecular weight excluding hydrogens is 361 g/mol. The Labute approximate surface area is 168 Å². The predicted octanol–water partition coefficient (Wildman–Crippen LogP) is 2.96. The average Bonchev–Trinajstić information content (AvgIpc) is 2.71. The van der Waals surface area contributed by atoms with Gasteiger partial charge in [0.25, 0.3) is 0 Å². The summed E-state index contributed by atoms with van der Waals surface area (Å²) >= 11 is 0. The molecule has 7 heteroatoms. The van der Waals surface area contributed by atoms with Crippen molar-refractivity contribution in [1.29, 1.82) is 0 Å². The van der Waals surface area contributed by atoms with Gasteiger partial charge in [0.1, 0.15) is 5.82 Å². The molecule has 1 saturated heterocycles. The summed E-state index contributed by atoms with van der Waals surface area (Å²) in [6, 6.07) is 5.09. The number of nitrogens with zero attached hydrogens (tertiary/aromatic N) is 2. The molecule has 1 aliphatic rings. The Morgan fingerprint density at radius 1 is 1.21 bits per heavy atom. The molecule has 0 atom stereocenters. The number of aliphatic imine (C=N–C) groups is 1. The number of benzene rings is 1. The monoisotopic (exact) mass is 395 g/mol. The molecule has 2 rings (SSSR count). The Balaban J connectivity index is 1.90. The van der Waals surface area contributed by atoms with E-state index in [9.17, 15) is 4.39 Å². The number of piperidine rings is 1. The van der Waals surface area contributed by atoms with E-state index in [-0.39, 0.29) is 12.4 Å². The Hall–Kier alpha value is -1.70. The summed E-state index contributed by atoms with van der Waals surface area (Å²) in [4.78, 5) is 7.04. The highest BCUT2D eigenvalue weighted by atomic mass is 19.1. The fourth-order valence-corrected chi connectivity index (χ4v) is 3.27. The molecule has 0 amide bonds. The smallest absolute Gasteiger partial charge is 0.194 e. The van der Waals surface area contributed by atoms with Gasteiger partial charge in [-0.15, -0.1) is 0 Å². The lowest BCUT2D eigenvalue weighted by Gasteiger charge is -2.34. The van der Waals surface area contributed by atoms with Crippen LogP contribution in [-0.2, 0) is 27.4 Å². The largest absolute Gasteiger partial charge is 0.385 e. The lowest BCUT2D eigenvalue weighted by atomic mass is 10.1. The van der Waals surface area contributed by atoms with E-state index in [0.29, 0.717) is 18.2 Å². The van der Waals surface area contributed by atoms with Crippen molar-refractivity contribution in [2.24, 2.45) is 4.99 Å². The first kappa shape index (κ1) is 22.6. The molecule has 158 valence electrons. The van der Waals surface area contributed by atoms with E-state index < -0.39 is 0 Å². The summed E-state index contributed by atoms with van der Waals surface area (Å²) in [5.74, 6) is 0.659. The molecule has 1 fully saturated rings. The van der Waals surface area contributed by atoms with Crippen molar-refractivity contribution >= 4 is 5.96 Å². The Morgan fingerprint density at radius 3 is 2.68 bits per heavy atom. The third-order valence-electron chi connectivity index (χ3n) is 4.74. The highest BCUT2D eigenvalue weighted by molar-refractivity contribution is 5.80. The van der Waals surface area contributed by atoms with Gasteiger partial charge in [-0.05, 0) is 43.9 Å². The summed E-state index contributed by atoms with van der Waals surface area (Å²) in [5.41, 5.74) is 1.53. The second-order valence-electron chi connectivity index (χ2n) is 6.93. The second-order valence-corrected chi connectivity index (χ2v) is 6.93. The number of rotatable bonds is 10. The van der Waals surface area contributed by atoms with Crippen molar-refractivity contribution in [1.82, 2.24) is 10.2 Å². The van der Waals surface area contributed by atoms with Crippen molar-refractivity contribution in [2.75, 3.05) is 47.1 Å². The molecular formula is C21H34FN3O3. The highest BCUT2D eigenvalue weighted by Crippen LogP contribution is 2.16. The number of guanidine groups is 1. The number of ether oxygens (including phenoxy) is 3. The molecule has 0 aliphatic carbocycles. The quantitative estimate of drug-likeness (QED) is 0.375. The summed E-state index contributed by atoms with van der Waals surface area (Å²) in [6.45, 7) is 6.97. The van der Waals surface area contributed by atoms with Crippen molar-refractivity contribution in [3.63, 3.8) is 0 Å². The molecule has 0 spiro atoms. The van der Waals surface area contributed by atoms with Gasteiger partial charge < -0.3 is 24.4 Å². The van der Waals surface area contributed by atoms with Gasteiger partial charge in [-0.2, -0.15) is 0 Å². The number of halogens is 1. The van der Waals surface area contributed by atoms with E-state index in [1.54, 1.807) is 20.3 Å². The standard InChI is InChI=1S/C21H34FN3O3/c1-4-23-21(24-15-17-6-7-20(22)18(14-17)16-27-3)25-10-8-19(9-11-25)28-13-5-12-26-2/h6-7,14,19H,4-5,8-13,15-16H2,1-3H3,(H,23,24). The molecule has 0 bridgehead atoms. The minimum atomic E-state index is -0.242. The van der Waals surface area contributed by atoms with Gasteiger partial charge in [-0.25, -0.2) is 9.38 Å². The van der Waals surface area contributed by atoms with Gasteiger partial charge >= 0.3 is 0 Å². The van der Waals surface area contributed by atoms with Gasteiger partial charge in [0.05, 0.1) is 19.3 Å². The lowest BCUT2D eigenvalue weighted by molar-refractivity contribution is 0.00990. The number of likely N-dealkylation sites (tertiary alicyclic amines) is 1. The van der Waals surface area contributed by atoms with Gasteiger partial charge in [0.2, 0.25) is 0 Å². The van der Waals surface area contributed by atoms with Crippen LogP contribution in [0.4, 0.5) is 4.39 Å². The minimum absolute atomic E-state index is 0.242. The van der Waals surface area contributed by atoms with Crippen molar-refractivity contribution in [3.8, 4) is 0 Å². The number of nitrogens with one attached hydrogen (secondary N) is 1. The number of hydrogen-bond donors (Lipinski definition) is 1. The van der Waals surface area contributed by atoms with Crippen LogP contribution in [0.25, 0.3) is 0 Å². The summed E-state index contributed by atoms with van der Waals surface area (Å²) in [6.07, 6.45) is 3.23. The average molecular weight is 396 g/mol. The number of methoxy groups -OCH3 is 2. The fraction of sp³-hybridized carbons (Fsp3) is 0.667. The molecule has 28 heavy (non-hydrogen) atoms. The van der Waals surface area contributed by atoms with E-state index in [1.807, 2.05) is 6.07 Å². The van der Waals surface area contributed by atoms with Crippen LogP contribution < -0.4 is 5.32 Å². The molecule has 0 unspecified atom stereocenters. The normalized spacial score (nSPS) is 15.9. The van der Waals surface area contributed by atoms with E-state index in [0.717, 1.165) is 63.6 Å². The predicted molar refractivity (Wildman–Crippen MR) is 109 cm³/mol. The van der Waals surface area contributed by atoms with Crippen LogP contribution in [0.3, 0.4) is 0 Å². The third kappa shape index (κ3) is 7.37. The molecule has 1 aromatic carbocycles. The Morgan fingerprint density at radius 2 is 2.00 bits per heavy atom. The Bertz CT molecular complexity index is 605. The van der Waals surface area contributed by atoms with E-state index in [4.69, 9.17) is 19.2 Å². The highest BCUT2D eigenvalue weighted by Gasteiger charge is 2.21. The molecule has 0 saturated carbocycles. The van der Waals surface area contributed by atoms with Gasteiger partial charge in [-0.3, -0.25) is 0 Å². The van der Waals surface area contributed by atoms with Crippen molar-refractivity contribution in [2.45, 2.75) is 45.4 Å². The molecule has 1 heterocycles. The maximum absolute atomic E-state index is 13.8. The summed E-state index contributed by atoms with van der Waals surface area (Å²) < 4.78 is 29.8. The molecule has 1 N–H and O–H groups in total. The molecule has 0 aromatic heterocycles. The van der Waals surface area contributed by atoms with Crippen LogP contribution in [0.1, 0.15) is 37.3 Å². The van der Waals surface area contributed by atoms with Crippen molar-refractivity contribution < 1.29 is 18.6 Å². The molecule has 1 aromatic rings. The second kappa shape index (κ2) is 12.7. The Kier molecular flexibility index (Phi) is 10.2. The third-order valence-corrected chi connectivity index (χ3v) is 4.74. The van der Waals surface area contributed by atoms with E-state index >= 15 is 0 Å². The summed E-state index contributed by atoms with van der Waals surface area (Å²) in [5, 5.41) is 3.37. The van der Waals surface area contributed by atoms with Crippen LogP contribution in [0.15, 0.2) is 23.2 Å². The van der Waals surface area contributed by atoms with Gasteiger partial charge in [-0.1, -0.05) is 6.07 Å². The molecule has 0 radical (unpaired) electrons. The van der Waals surface area contributed by atoms with Crippen LogP contribution in [0, 0.1) is 5.82 Å². The van der Waals surface area contributed by atoms with Crippen LogP contribution >= 0.6 is 0 Å². The van der Waals surface area contributed by atoms with Gasteiger partial charge in [0, 0.05) is 52.6 Å². The first-order chi connectivity index (χ1) is 13.7. The SMILES string of the molecule is CCNC(=NCc1ccc(F)c(COC)c1)N1CCC(OCCCOC)CC1. The fourth-order valence-electron chi connectivity index (χ4n) is 3.27. The van der Waals surface area contributed by atoms with Crippen LogP contribution in [0.2, 0.25) is 0 Å². The first-order valence-electron chi connectivity index (χ1n) is 10.1.